The monoisotopic (exact) mass is 860 g/mol. The first-order valence-corrected chi connectivity index (χ1v) is 22.6. The van der Waals surface area contributed by atoms with Crippen molar-refractivity contribution in [1.29, 1.82) is 0 Å². The first kappa shape index (κ1) is 52.8. The van der Waals surface area contributed by atoms with Gasteiger partial charge in [0.1, 0.15) is 29.5 Å². The first-order valence-electron chi connectivity index (χ1n) is 22.6. The summed E-state index contributed by atoms with van der Waals surface area (Å²) in [4.78, 5) is 34.0. The van der Waals surface area contributed by atoms with E-state index >= 15 is 0 Å². The van der Waals surface area contributed by atoms with Crippen molar-refractivity contribution < 1.29 is 58.4 Å². The summed E-state index contributed by atoms with van der Waals surface area (Å²) in [6.07, 6.45) is -6.45. The van der Waals surface area contributed by atoms with Gasteiger partial charge in [0.05, 0.1) is 42.4 Å². The molecular weight excluding hydrogens is 775 g/mol. The molecule has 3 rings (SSSR count). The lowest BCUT2D eigenvalue weighted by Gasteiger charge is -2.52. The van der Waals surface area contributed by atoms with E-state index in [0.717, 1.165) is 13.1 Å². The smallest absolute Gasteiger partial charge is 0.309 e. The summed E-state index contributed by atoms with van der Waals surface area (Å²) in [6.45, 7) is 24.9. The quantitative estimate of drug-likeness (QED) is 0.210. The molecule has 15 heteroatoms. The van der Waals surface area contributed by atoms with Crippen molar-refractivity contribution in [1.82, 2.24) is 14.7 Å². The van der Waals surface area contributed by atoms with E-state index in [1.54, 1.807) is 27.9 Å². The summed E-state index contributed by atoms with van der Waals surface area (Å²) in [5.74, 6) is -3.41. The number of aliphatic hydroxyl groups excluding tert-OH is 2. The molecular formula is C45H85N3O12. The van der Waals surface area contributed by atoms with Crippen LogP contribution in [0.25, 0.3) is 0 Å². The maximum atomic E-state index is 14.6. The van der Waals surface area contributed by atoms with Crippen LogP contribution < -0.4 is 0 Å². The maximum Gasteiger partial charge on any atom is 0.309 e. The third-order valence-electron chi connectivity index (χ3n) is 14.3. The van der Waals surface area contributed by atoms with Crippen LogP contribution in [-0.4, -0.2) is 186 Å². The standard InChI is InChI=1S/C45H85N3O12/c1-17-34-45(12,54)38(51)30(8)47(15)25-26(4)23-43(10,53)39(60-42-37(50)32(46(13)14)22-27(5)56-42)28(6)36(29(7)41(52)58-34)33-24-44(11,55-16)40(31(9)57-33)59-35(49)20-21-48(18-2)19-3/h26-34,36-40,42,50-51,53-54H,17-25H2,1-16H3/t26-,27-,28+,29-,30-,31+,32+,33?,34-,36+,37-,38-,39-,40+,42+,43-,44-,45-/m1/s1. The first-order chi connectivity index (χ1) is 27.8. The lowest BCUT2D eigenvalue weighted by atomic mass is 9.68. The van der Waals surface area contributed by atoms with Crippen molar-refractivity contribution in [2.75, 3.05) is 54.4 Å². The van der Waals surface area contributed by atoms with E-state index in [0.29, 0.717) is 19.5 Å². The van der Waals surface area contributed by atoms with Crippen molar-refractivity contribution in [2.24, 2.45) is 23.7 Å². The normalized spacial score (nSPS) is 44.6. The van der Waals surface area contributed by atoms with Gasteiger partial charge in [0.2, 0.25) is 0 Å². The highest BCUT2D eigenvalue weighted by molar-refractivity contribution is 5.73. The Morgan fingerprint density at radius 3 is 2.12 bits per heavy atom. The van der Waals surface area contributed by atoms with E-state index < -0.39 is 95.6 Å². The summed E-state index contributed by atoms with van der Waals surface area (Å²) >= 11 is 0. The van der Waals surface area contributed by atoms with Gasteiger partial charge in [0, 0.05) is 44.6 Å². The number of cyclic esters (lactones) is 1. The largest absolute Gasteiger partial charge is 0.459 e. The molecule has 0 bridgehead atoms. The molecule has 3 aliphatic rings. The second-order valence-electron chi connectivity index (χ2n) is 19.5. The molecule has 0 saturated carbocycles. The average Bonchev–Trinajstić information content (AvgIpc) is 3.17. The number of carbonyl (C=O) groups excluding carboxylic acids is 2. The van der Waals surface area contributed by atoms with E-state index in [-0.39, 0.29) is 49.7 Å². The number of hydrogen-bond acceptors (Lipinski definition) is 15. The van der Waals surface area contributed by atoms with Gasteiger partial charge >= 0.3 is 11.9 Å². The van der Waals surface area contributed by atoms with E-state index in [1.165, 1.54) is 6.92 Å². The zero-order valence-electron chi connectivity index (χ0n) is 39.9. The van der Waals surface area contributed by atoms with Crippen LogP contribution in [0.3, 0.4) is 0 Å². The Kier molecular flexibility index (Phi) is 19.3. The molecule has 0 aromatic carbocycles. The van der Waals surface area contributed by atoms with Crippen molar-refractivity contribution in [2.45, 2.75) is 199 Å². The Hall–Kier alpha value is -1.50. The molecule has 60 heavy (non-hydrogen) atoms. The Balaban J connectivity index is 2.20. The molecule has 4 N–H and O–H groups in total. The van der Waals surface area contributed by atoms with Crippen LogP contribution in [0, 0.1) is 23.7 Å². The van der Waals surface area contributed by atoms with Gasteiger partial charge < -0.3 is 63.5 Å². The van der Waals surface area contributed by atoms with Gasteiger partial charge in [-0.2, -0.15) is 0 Å². The number of carbonyl (C=O) groups is 2. The minimum absolute atomic E-state index is 0.144. The molecule has 0 aliphatic carbocycles. The molecule has 0 spiro atoms. The van der Waals surface area contributed by atoms with Crippen LogP contribution in [0.2, 0.25) is 0 Å². The molecule has 0 amide bonds. The van der Waals surface area contributed by atoms with Gasteiger partial charge in [-0.1, -0.05) is 41.5 Å². The molecule has 0 radical (unpaired) electrons. The SMILES string of the molecule is CC[C@H]1OC(=O)[C@H](C)[C@@H](C2C[C@@](C)(OC)[C@@H](OC(=O)CCN(CC)CC)[C@H](C)O2)[C@H](C)[C@@H](O[C@@H]2O[C@H](C)C[C@H](N(C)C)[C@H]2O)[C@](C)(O)C[C@@H](C)CN(C)[C@H](C)[C@@H](O)[C@]1(C)O. The Bertz CT molecular complexity index is 1350. The van der Waals surface area contributed by atoms with Gasteiger partial charge in [-0.05, 0) is 107 Å². The fourth-order valence-electron chi connectivity index (χ4n) is 10.5. The molecule has 1 unspecified atom stereocenters. The number of esters is 2. The van der Waals surface area contributed by atoms with Crippen molar-refractivity contribution in [3.8, 4) is 0 Å². The average molecular weight is 860 g/mol. The summed E-state index contributed by atoms with van der Waals surface area (Å²) < 4.78 is 38.6. The minimum Gasteiger partial charge on any atom is -0.459 e. The summed E-state index contributed by atoms with van der Waals surface area (Å²) in [6, 6.07) is -0.818. The number of methoxy groups -OCH3 is 1. The second-order valence-corrected chi connectivity index (χ2v) is 19.5. The van der Waals surface area contributed by atoms with Crippen LogP contribution in [0.4, 0.5) is 0 Å². The van der Waals surface area contributed by atoms with Crippen LogP contribution in [0.5, 0.6) is 0 Å². The lowest BCUT2D eigenvalue weighted by molar-refractivity contribution is -0.302. The number of hydrogen-bond donors (Lipinski definition) is 4. The molecule has 3 saturated heterocycles. The van der Waals surface area contributed by atoms with Gasteiger partial charge in [0.15, 0.2) is 12.4 Å². The van der Waals surface area contributed by atoms with Gasteiger partial charge in [0.25, 0.3) is 0 Å². The Labute approximate surface area is 361 Å². The van der Waals surface area contributed by atoms with Crippen LogP contribution >= 0.6 is 0 Å². The third kappa shape index (κ3) is 12.4. The highest BCUT2D eigenvalue weighted by atomic mass is 16.7. The van der Waals surface area contributed by atoms with Crippen LogP contribution in [0.15, 0.2) is 0 Å². The number of ether oxygens (including phenoxy) is 6. The summed E-state index contributed by atoms with van der Waals surface area (Å²) in [7, 11) is 7.23. The van der Waals surface area contributed by atoms with E-state index in [4.69, 9.17) is 28.4 Å². The molecule has 3 aliphatic heterocycles. The van der Waals surface area contributed by atoms with Crippen molar-refractivity contribution >= 4 is 11.9 Å². The molecule has 3 fully saturated rings. The predicted molar refractivity (Wildman–Crippen MR) is 229 cm³/mol. The number of aliphatic hydroxyl groups is 4. The van der Waals surface area contributed by atoms with Crippen LogP contribution in [0.1, 0.15) is 115 Å². The second kappa shape index (κ2) is 21.9. The molecule has 3 heterocycles. The lowest BCUT2D eigenvalue weighted by Crippen LogP contribution is -2.62. The van der Waals surface area contributed by atoms with Gasteiger partial charge in [-0.25, -0.2) is 0 Å². The Morgan fingerprint density at radius 1 is 0.950 bits per heavy atom. The van der Waals surface area contributed by atoms with Gasteiger partial charge in [-0.15, -0.1) is 0 Å². The number of likely N-dealkylation sites (N-methyl/N-ethyl adjacent to an activating group) is 2. The molecule has 15 nitrogen and oxygen atoms in total. The van der Waals surface area contributed by atoms with Gasteiger partial charge in [-0.3, -0.25) is 9.59 Å². The number of nitrogens with zero attached hydrogens (tertiary/aromatic N) is 3. The van der Waals surface area contributed by atoms with E-state index in [9.17, 15) is 30.0 Å². The molecule has 0 aromatic rings. The number of rotatable bonds is 12. The highest BCUT2D eigenvalue weighted by Crippen LogP contribution is 2.45. The highest BCUT2D eigenvalue weighted by Gasteiger charge is 2.56. The fraction of sp³-hybridized carbons (Fsp3) is 0.956. The van der Waals surface area contributed by atoms with E-state index in [1.807, 2.05) is 86.3 Å². The molecule has 0 aromatic heterocycles. The Morgan fingerprint density at radius 2 is 1.57 bits per heavy atom. The molecule has 18 atom stereocenters. The third-order valence-corrected chi connectivity index (χ3v) is 14.3. The zero-order chi connectivity index (χ0) is 45.7. The summed E-state index contributed by atoms with van der Waals surface area (Å²) in [5.41, 5.74) is -4.40. The molecule has 352 valence electrons. The van der Waals surface area contributed by atoms with E-state index in [2.05, 4.69) is 4.90 Å². The topological polar surface area (TPSA) is 180 Å². The predicted octanol–water partition coefficient (Wildman–Crippen LogP) is 3.46. The van der Waals surface area contributed by atoms with Crippen molar-refractivity contribution in [3.63, 3.8) is 0 Å². The summed E-state index contributed by atoms with van der Waals surface area (Å²) in [5, 5.41) is 48.0. The minimum atomic E-state index is -1.81. The van der Waals surface area contributed by atoms with Crippen LogP contribution in [-0.2, 0) is 38.0 Å². The van der Waals surface area contributed by atoms with Crippen molar-refractivity contribution in [3.05, 3.63) is 0 Å². The fourth-order valence-corrected chi connectivity index (χ4v) is 10.5. The maximum absolute atomic E-state index is 14.6. The zero-order valence-corrected chi connectivity index (χ0v) is 39.9.